The predicted molar refractivity (Wildman–Crippen MR) is 107 cm³/mol. The lowest BCUT2D eigenvalue weighted by atomic mass is 9.87. The first-order valence-corrected chi connectivity index (χ1v) is 10.5. The molecule has 1 aliphatic heterocycles. The Labute approximate surface area is 161 Å². The number of hydrogen-bond donors (Lipinski definition) is 1. The van der Waals surface area contributed by atoms with Crippen molar-refractivity contribution in [1.82, 2.24) is 0 Å². The van der Waals surface area contributed by atoms with Gasteiger partial charge >= 0.3 is 0 Å². The zero-order valence-corrected chi connectivity index (χ0v) is 17.0. The van der Waals surface area contributed by atoms with Crippen LogP contribution in [0.15, 0.2) is 53.4 Å². The fourth-order valence-corrected chi connectivity index (χ4v) is 5.35. The number of anilines is 1. The molecule has 0 aliphatic carbocycles. The van der Waals surface area contributed by atoms with E-state index >= 15 is 0 Å². The van der Waals surface area contributed by atoms with Crippen molar-refractivity contribution in [2.75, 3.05) is 4.31 Å². The van der Waals surface area contributed by atoms with Crippen LogP contribution in [0.25, 0.3) is 0 Å². The van der Waals surface area contributed by atoms with Gasteiger partial charge in [0.25, 0.3) is 10.0 Å². The molecule has 0 saturated heterocycles. The van der Waals surface area contributed by atoms with Gasteiger partial charge in [-0.15, -0.1) is 0 Å². The lowest BCUT2D eigenvalue weighted by molar-refractivity contribution is -0.119. The predicted octanol–water partition coefficient (Wildman–Crippen LogP) is 3.54. The van der Waals surface area contributed by atoms with Crippen molar-refractivity contribution in [1.29, 1.82) is 0 Å². The van der Waals surface area contributed by atoms with E-state index in [1.807, 2.05) is 19.1 Å². The number of benzene rings is 2. The standard InChI is InChI=1S/C21H26N2O3S/c1-14-13-18(20(22)24)17-7-5-6-8-19(17)23(14)27(25,26)16-11-9-15(10-12-16)21(2,3)4/h5-12,14,18H,13H2,1-4H3,(H2,22,24). The number of nitrogens with zero attached hydrogens (tertiary/aromatic N) is 1. The summed E-state index contributed by atoms with van der Waals surface area (Å²) >= 11 is 0. The largest absolute Gasteiger partial charge is 0.369 e. The SMILES string of the molecule is CC1CC(C(N)=O)c2ccccc2N1S(=O)(=O)c1ccc(C(C)(C)C)cc1. The number of nitrogens with two attached hydrogens (primary N) is 1. The molecule has 0 aromatic heterocycles. The van der Waals surface area contributed by atoms with Gasteiger partial charge in [-0.25, -0.2) is 8.42 Å². The normalized spacial score (nSPS) is 20.2. The third kappa shape index (κ3) is 3.46. The van der Waals surface area contributed by atoms with Gasteiger partial charge in [0.15, 0.2) is 0 Å². The van der Waals surface area contributed by atoms with Crippen LogP contribution in [0.5, 0.6) is 0 Å². The summed E-state index contributed by atoms with van der Waals surface area (Å²) in [4.78, 5) is 12.1. The summed E-state index contributed by atoms with van der Waals surface area (Å²) in [6.45, 7) is 8.07. The molecule has 0 bridgehead atoms. The Morgan fingerprint density at radius 2 is 1.67 bits per heavy atom. The van der Waals surface area contributed by atoms with Gasteiger partial charge in [-0.05, 0) is 48.1 Å². The van der Waals surface area contributed by atoms with E-state index < -0.39 is 21.8 Å². The topological polar surface area (TPSA) is 80.5 Å². The van der Waals surface area contributed by atoms with Gasteiger partial charge < -0.3 is 5.73 Å². The van der Waals surface area contributed by atoms with Gasteiger partial charge in [0.2, 0.25) is 5.91 Å². The van der Waals surface area contributed by atoms with Gasteiger partial charge in [0.1, 0.15) is 0 Å². The van der Waals surface area contributed by atoms with E-state index in [1.54, 1.807) is 36.4 Å². The van der Waals surface area contributed by atoms with Crippen LogP contribution in [0.4, 0.5) is 5.69 Å². The molecule has 2 unspecified atom stereocenters. The average Bonchev–Trinajstić information content (AvgIpc) is 2.60. The highest BCUT2D eigenvalue weighted by atomic mass is 32.2. The first-order chi connectivity index (χ1) is 12.5. The molecule has 1 aliphatic rings. The minimum atomic E-state index is -3.75. The lowest BCUT2D eigenvalue weighted by Crippen LogP contribution is -2.45. The monoisotopic (exact) mass is 386 g/mol. The molecule has 5 nitrogen and oxygen atoms in total. The second kappa shape index (κ2) is 6.68. The first kappa shape index (κ1) is 19.4. The van der Waals surface area contributed by atoms with E-state index in [4.69, 9.17) is 5.73 Å². The average molecular weight is 387 g/mol. The Morgan fingerprint density at radius 3 is 2.22 bits per heavy atom. The lowest BCUT2D eigenvalue weighted by Gasteiger charge is -2.38. The van der Waals surface area contributed by atoms with Crippen LogP contribution < -0.4 is 10.0 Å². The number of para-hydroxylation sites is 1. The molecule has 0 saturated carbocycles. The van der Waals surface area contributed by atoms with E-state index in [-0.39, 0.29) is 16.4 Å². The molecule has 1 heterocycles. The molecule has 3 rings (SSSR count). The van der Waals surface area contributed by atoms with Crippen molar-refractivity contribution in [2.24, 2.45) is 5.73 Å². The quantitative estimate of drug-likeness (QED) is 0.876. The molecular weight excluding hydrogens is 360 g/mol. The maximum absolute atomic E-state index is 13.4. The highest BCUT2D eigenvalue weighted by molar-refractivity contribution is 7.92. The molecule has 2 aromatic carbocycles. The molecule has 2 N–H and O–H groups in total. The zero-order chi connectivity index (χ0) is 20.0. The number of amides is 1. The van der Waals surface area contributed by atoms with Gasteiger partial charge in [-0.1, -0.05) is 51.1 Å². The maximum atomic E-state index is 13.4. The Kier molecular flexibility index (Phi) is 4.80. The highest BCUT2D eigenvalue weighted by Gasteiger charge is 2.39. The summed E-state index contributed by atoms with van der Waals surface area (Å²) in [6, 6.07) is 13.8. The Balaban J connectivity index is 2.08. The first-order valence-electron chi connectivity index (χ1n) is 9.06. The summed E-state index contributed by atoms with van der Waals surface area (Å²) in [5.41, 5.74) is 7.77. The van der Waals surface area contributed by atoms with E-state index in [9.17, 15) is 13.2 Å². The molecule has 2 atom stereocenters. The minimum absolute atomic E-state index is 0.0536. The van der Waals surface area contributed by atoms with Crippen molar-refractivity contribution >= 4 is 21.6 Å². The fraction of sp³-hybridized carbons (Fsp3) is 0.381. The van der Waals surface area contributed by atoms with Crippen LogP contribution in [0.1, 0.15) is 51.2 Å². The van der Waals surface area contributed by atoms with Crippen LogP contribution >= 0.6 is 0 Å². The van der Waals surface area contributed by atoms with Crippen molar-refractivity contribution in [3.05, 3.63) is 59.7 Å². The summed E-state index contributed by atoms with van der Waals surface area (Å²) in [5.74, 6) is -0.910. The number of fused-ring (bicyclic) bond motifs is 1. The number of carbonyl (C=O) groups excluding carboxylic acids is 1. The van der Waals surface area contributed by atoms with E-state index in [1.165, 1.54) is 4.31 Å². The van der Waals surface area contributed by atoms with Gasteiger partial charge in [-0.3, -0.25) is 9.10 Å². The molecule has 27 heavy (non-hydrogen) atoms. The van der Waals surface area contributed by atoms with Crippen LogP contribution in [0, 0.1) is 0 Å². The van der Waals surface area contributed by atoms with Gasteiger partial charge in [0, 0.05) is 6.04 Å². The third-order valence-electron chi connectivity index (χ3n) is 5.15. The molecule has 0 fully saturated rings. The fourth-order valence-electron chi connectivity index (χ4n) is 3.66. The number of rotatable bonds is 3. The van der Waals surface area contributed by atoms with Crippen LogP contribution in [0.3, 0.4) is 0 Å². The van der Waals surface area contributed by atoms with Crippen molar-refractivity contribution in [2.45, 2.75) is 56.4 Å². The third-order valence-corrected chi connectivity index (χ3v) is 7.09. The number of hydrogen-bond acceptors (Lipinski definition) is 3. The molecule has 0 radical (unpaired) electrons. The van der Waals surface area contributed by atoms with Crippen LogP contribution in [-0.2, 0) is 20.2 Å². The van der Waals surface area contributed by atoms with E-state index in [2.05, 4.69) is 20.8 Å². The van der Waals surface area contributed by atoms with Crippen LogP contribution in [-0.4, -0.2) is 20.4 Å². The summed E-state index contributed by atoms with van der Waals surface area (Å²) < 4.78 is 28.2. The Bertz CT molecular complexity index is 960. The second-order valence-corrected chi connectivity index (χ2v) is 9.99. The second-order valence-electron chi connectivity index (χ2n) is 8.17. The molecule has 144 valence electrons. The number of sulfonamides is 1. The van der Waals surface area contributed by atoms with Crippen molar-refractivity contribution < 1.29 is 13.2 Å². The number of carbonyl (C=O) groups is 1. The number of primary amides is 1. The molecule has 0 spiro atoms. The smallest absolute Gasteiger partial charge is 0.264 e. The minimum Gasteiger partial charge on any atom is -0.369 e. The molecular formula is C21H26N2O3S. The van der Waals surface area contributed by atoms with E-state index in [0.29, 0.717) is 17.7 Å². The van der Waals surface area contributed by atoms with Gasteiger partial charge in [0.05, 0.1) is 16.5 Å². The Morgan fingerprint density at radius 1 is 1.07 bits per heavy atom. The summed E-state index contributed by atoms with van der Waals surface area (Å²) in [5, 5.41) is 0. The Hall–Kier alpha value is -2.34. The maximum Gasteiger partial charge on any atom is 0.264 e. The van der Waals surface area contributed by atoms with Crippen molar-refractivity contribution in [3.8, 4) is 0 Å². The molecule has 2 aromatic rings. The summed E-state index contributed by atoms with van der Waals surface area (Å²) in [6.07, 6.45) is 0.367. The van der Waals surface area contributed by atoms with Gasteiger partial charge in [-0.2, -0.15) is 0 Å². The zero-order valence-electron chi connectivity index (χ0n) is 16.1. The molecule has 1 amide bonds. The molecule has 6 heteroatoms. The van der Waals surface area contributed by atoms with Crippen molar-refractivity contribution in [3.63, 3.8) is 0 Å². The van der Waals surface area contributed by atoms with Crippen LogP contribution in [0.2, 0.25) is 0 Å². The van der Waals surface area contributed by atoms with E-state index in [0.717, 1.165) is 5.56 Å². The summed E-state index contributed by atoms with van der Waals surface area (Å²) in [7, 11) is -3.75. The highest BCUT2D eigenvalue weighted by Crippen LogP contribution is 2.41.